The Labute approximate surface area is 103 Å². The van der Waals surface area contributed by atoms with E-state index in [2.05, 4.69) is 6.92 Å². The molecule has 0 unspecified atom stereocenters. The molecule has 0 atom stereocenters. The monoisotopic (exact) mass is 234 g/mol. The van der Waals surface area contributed by atoms with Gasteiger partial charge in [0.05, 0.1) is 12.9 Å². The third kappa shape index (κ3) is 3.45. The number of hydrogen-bond acceptors (Lipinski definition) is 1. The van der Waals surface area contributed by atoms with Gasteiger partial charge in [-0.25, -0.2) is 4.39 Å². The van der Waals surface area contributed by atoms with Crippen LogP contribution in [0, 0.1) is 5.82 Å². The van der Waals surface area contributed by atoms with Gasteiger partial charge >= 0.3 is 0 Å². The fraction of sp³-hybridized carbons (Fsp3) is 0.333. The topological polar surface area (TPSA) is 9.23 Å². The maximum absolute atomic E-state index is 13.8. The Balaban J connectivity index is 3.32. The van der Waals surface area contributed by atoms with Crippen molar-refractivity contribution in [2.45, 2.75) is 27.2 Å². The van der Waals surface area contributed by atoms with Crippen LogP contribution >= 0.6 is 0 Å². The third-order valence-electron chi connectivity index (χ3n) is 2.82. The molecule has 0 saturated carbocycles. The minimum absolute atomic E-state index is 0.199. The summed E-state index contributed by atoms with van der Waals surface area (Å²) in [6.07, 6.45) is 2.77. The second kappa shape index (κ2) is 6.24. The van der Waals surface area contributed by atoms with Gasteiger partial charge in [0.1, 0.15) is 5.82 Å². The lowest BCUT2D eigenvalue weighted by atomic mass is 9.98. The molecule has 0 aliphatic carbocycles. The summed E-state index contributed by atoms with van der Waals surface area (Å²) < 4.78 is 18.9. The highest BCUT2D eigenvalue weighted by Crippen LogP contribution is 2.25. The van der Waals surface area contributed by atoms with Crippen LogP contribution in [0.15, 0.2) is 41.7 Å². The van der Waals surface area contributed by atoms with Gasteiger partial charge in [0.25, 0.3) is 0 Å². The lowest BCUT2D eigenvalue weighted by molar-refractivity contribution is 0.294. The smallest absolute Gasteiger partial charge is 0.131 e. The highest BCUT2D eigenvalue weighted by molar-refractivity contribution is 5.77. The molecule has 0 aromatic heterocycles. The minimum Gasteiger partial charge on any atom is -0.501 e. The van der Waals surface area contributed by atoms with Gasteiger partial charge in [-0.2, -0.15) is 0 Å². The fourth-order valence-corrected chi connectivity index (χ4v) is 1.56. The van der Waals surface area contributed by atoms with E-state index < -0.39 is 0 Å². The molecule has 92 valence electrons. The van der Waals surface area contributed by atoms with Crippen LogP contribution in [0.25, 0.3) is 5.57 Å². The lowest BCUT2D eigenvalue weighted by Gasteiger charge is -2.10. The van der Waals surface area contributed by atoms with Gasteiger partial charge in [0.15, 0.2) is 0 Å². The first-order chi connectivity index (χ1) is 8.10. The number of allylic oxidation sites excluding steroid dienone is 4. The Bertz CT molecular complexity index is 444. The predicted octanol–water partition coefficient (Wildman–Crippen LogP) is 4.56. The molecular formula is C15H19FO. The van der Waals surface area contributed by atoms with E-state index in [1.807, 2.05) is 26.0 Å². The van der Waals surface area contributed by atoms with Crippen molar-refractivity contribution >= 4 is 5.57 Å². The number of ether oxygens (including phenoxy) is 1. The zero-order valence-electron chi connectivity index (χ0n) is 10.9. The van der Waals surface area contributed by atoms with Gasteiger partial charge in [-0.05, 0) is 38.0 Å². The average molecular weight is 234 g/mol. The van der Waals surface area contributed by atoms with Crippen molar-refractivity contribution < 1.29 is 9.13 Å². The van der Waals surface area contributed by atoms with Crippen molar-refractivity contribution in [2.75, 3.05) is 7.11 Å². The van der Waals surface area contributed by atoms with Crippen molar-refractivity contribution in [3.05, 3.63) is 53.1 Å². The molecule has 0 fully saturated rings. The van der Waals surface area contributed by atoms with Gasteiger partial charge in [-0.15, -0.1) is 0 Å². The molecule has 1 nitrogen and oxygen atoms in total. The van der Waals surface area contributed by atoms with Gasteiger partial charge in [0, 0.05) is 5.56 Å². The Morgan fingerprint density at radius 2 is 1.94 bits per heavy atom. The molecule has 2 heteroatoms. The Morgan fingerprint density at radius 3 is 2.47 bits per heavy atom. The second-order valence-corrected chi connectivity index (χ2v) is 3.99. The fourth-order valence-electron chi connectivity index (χ4n) is 1.56. The molecule has 0 heterocycles. The molecule has 1 aromatic rings. The van der Waals surface area contributed by atoms with E-state index in [-0.39, 0.29) is 5.82 Å². The van der Waals surface area contributed by atoms with E-state index in [4.69, 9.17) is 4.74 Å². The standard InChI is InChI=1S/C15H19FO/c1-5-11(2)14(10-12(3)17-4)13-8-6-7-9-15(13)16/h6-10H,5H2,1-4H3. The number of methoxy groups -OCH3 is 1. The molecule has 0 radical (unpaired) electrons. The van der Waals surface area contributed by atoms with Crippen LogP contribution in [0.3, 0.4) is 0 Å². The summed E-state index contributed by atoms with van der Waals surface area (Å²) in [5, 5.41) is 0. The molecule has 0 saturated heterocycles. The minimum atomic E-state index is -0.199. The van der Waals surface area contributed by atoms with Crippen molar-refractivity contribution in [1.29, 1.82) is 0 Å². The van der Waals surface area contributed by atoms with Gasteiger partial charge in [0.2, 0.25) is 0 Å². The van der Waals surface area contributed by atoms with E-state index in [0.717, 1.165) is 23.3 Å². The van der Waals surface area contributed by atoms with Crippen LogP contribution in [0.1, 0.15) is 32.8 Å². The van der Waals surface area contributed by atoms with Gasteiger partial charge < -0.3 is 4.74 Å². The number of hydrogen-bond donors (Lipinski definition) is 0. The highest BCUT2D eigenvalue weighted by Gasteiger charge is 2.08. The van der Waals surface area contributed by atoms with Crippen LogP contribution in [0.4, 0.5) is 4.39 Å². The summed E-state index contributed by atoms with van der Waals surface area (Å²) in [5.74, 6) is 0.575. The zero-order chi connectivity index (χ0) is 12.8. The maximum Gasteiger partial charge on any atom is 0.131 e. The molecular weight excluding hydrogens is 215 g/mol. The van der Waals surface area contributed by atoms with Crippen LogP contribution in [-0.4, -0.2) is 7.11 Å². The Morgan fingerprint density at radius 1 is 1.29 bits per heavy atom. The van der Waals surface area contributed by atoms with Crippen molar-refractivity contribution in [2.24, 2.45) is 0 Å². The first-order valence-corrected chi connectivity index (χ1v) is 5.77. The summed E-state index contributed by atoms with van der Waals surface area (Å²) >= 11 is 0. The largest absolute Gasteiger partial charge is 0.501 e. The molecule has 1 aromatic carbocycles. The number of rotatable bonds is 4. The van der Waals surface area contributed by atoms with E-state index in [0.29, 0.717) is 5.56 Å². The van der Waals surface area contributed by atoms with Crippen LogP contribution < -0.4 is 0 Å². The molecule has 0 amide bonds. The van der Waals surface area contributed by atoms with Crippen molar-refractivity contribution in [3.63, 3.8) is 0 Å². The Kier molecular flexibility index (Phi) is 4.95. The van der Waals surface area contributed by atoms with E-state index in [1.54, 1.807) is 19.2 Å². The SMILES string of the molecule is CCC(C)=C(C=C(C)OC)c1ccccc1F. The second-order valence-electron chi connectivity index (χ2n) is 3.99. The molecule has 0 spiro atoms. The summed E-state index contributed by atoms with van der Waals surface area (Å²) in [6.45, 7) is 5.94. The molecule has 0 aliphatic heterocycles. The normalized spacial score (nSPS) is 13.4. The van der Waals surface area contributed by atoms with Gasteiger partial charge in [-0.3, -0.25) is 0 Å². The van der Waals surface area contributed by atoms with Crippen LogP contribution in [0.5, 0.6) is 0 Å². The van der Waals surface area contributed by atoms with Crippen molar-refractivity contribution in [3.8, 4) is 0 Å². The molecule has 0 aliphatic rings. The molecule has 0 N–H and O–H groups in total. The van der Waals surface area contributed by atoms with Crippen LogP contribution in [0.2, 0.25) is 0 Å². The molecule has 1 rings (SSSR count). The average Bonchev–Trinajstić information content (AvgIpc) is 2.35. The van der Waals surface area contributed by atoms with Crippen LogP contribution in [-0.2, 0) is 4.74 Å². The highest BCUT2D eigenvalue weighted by atomic mass is 19.1. The van der Waals surface area contributed by atoms with Crippen molar-refractivity contribution in [1.82, 2.24) is 0 Å². The van der Waals surface area contributed by atoms with E-state index in [9.17, 15) is 4.39 Å². The predicted molar refractivity (Wildman–Crippen MR) is 70.1 cm³/mol. The van der Waals surface area contributed by atoms with Gasteiger partial charge in [-0.1, -0.05) is 30.7 Å². The first-order valence-electron chi connectivity index (χ1n) is 5.77. The number of halogens is 1. The summed E-state index contributed by atoms with van der Waals surface area (Å²) in [7, 11) is 1.62. The summed E-state index contributed by atoms with van der Waals surface area (Å²) in [5.41, 5.74) is 2.68. The zero-order valence-corrected chi connectivity index (χ0v) is 10.9. The Hall–Kier alpha value is -1.57. The van der Waals surface area contributed by atoms with E-state index in [1.165, 1.54) is 6.07 Å². The lowest BCUT2D eigenvalue weighted by Crippen LogP contribution is -1.92. The summed E-state index contributed by atoms with van der Waals surface area (Å²) in [6, 6.07) is 6.82. The van der Waals surface area contributed by atoms with E-state index >= 15 is 0 Å². The maximum atomic E-state index is 13.8. The summed E-state index contributed by atoms with van der Waals surface area (Å²) in [4.78, 5) is 0. The molecule has 0 bridgehead atoms. The quantitative estimate of drug-likeness (QED) is 0.548. The first kappa shape index (κ1) is 13.5. The molecule has 17 heavy (non-hydrogen) atoms. The third-order valence-corrected chi connectivity index (χ3v) is 2.82. The number of benzene rings is 1.